The first kappa shape index (κ1) is 19.0. The van der Waals surface area contributed by atoms with E-state index in [1.54, 1.807) is 11.7 Å². The van der Waals surface area contributed by atoms with Crippen LogP contribution in [0.5, 0.6) is 11.6 Å². The molecule has 2 rings (SSSR count). The van der Waals surface area contributed by atoms with E-state index < -0.39 is 0 Å². The van der Waals surface area contributed by atoms with Gasteiger partial charge in [0.15, 0.2) is 5.69 Å². The molecular formula is C19H27N3O3. The number of azo groups is 1. The minimum absolute atomic E-state index is 0.0297. The zero-order valence-corrected chi connectivity index (χ0v) is 15.5. The van der Waals surface area contributed by atoms with Gasteiger partial charge in [-0.15, -0.1) is 10.2 Å². The van der Waals surface area contributed by atoms with Gasteiger partial charge in [-0.25, -0.2) is 0 Å². The molecule has 1 heterocycles. The van der Waals surface area contributed by atoms with Gasteiger partial charge in [-0.2, -0.15) is 0 Å². The van der Waals surface area contributed by atoms with Gasteiger partial charge < -0.3 is 14.4 Å². The number of carbonyl (C=O) groups is 1. The fourth-order valence-corrected chi connectivity index (χ4v) is 2.76. The van der Waals surface area contributed by atoms with Crippen molar-refractivity contribution in [3.63, 3.8) is 0 Å². The number of rotatable bonds is 8. The van der Waals surface area contributed by atoms with Crippen LogP contribution in [0.2, 0.25) is 0 Å². The lowest BCUT2D eigenvalue weighted by Gasteiger charge is -2.09. The lowest BCUT2D eigenvalue weighted by atomic mass is 10.2. The van der Waals surface area contributed by atoms with Crippen molar-refractivity contribution in [1.82, 2.24) is 4.57 Å². The highest BCUT2D eigenvalue weighted by Crippen LogP contribution is 2.40. The van der Waals surface area contributed by atoms with Crippen molar-refractivity contribution < 1.29 is 14.6 Å². The van der Waals surface area contributed by atoms with Crippen LogP contribution in [-0.2, 0) is 11.3 Å². The molecule has 1 N–H and O–H groups in total. The number of carbonyl (C=O) groups excluding carboxylic acids is 1. The highest BCUT2D eigenvalue weighted by atomic mass is 16.5. The molecule has 0 radical (unpaired) electrons. The fourth-order valence-electron chi connectivity index (χ4n) is 2.76. The first-order chi connectivity index (χ1) is 12.0. The van der Waals surface area contributed by atoms with Crippen LogP contribution in [0.3, 0.4) is 0 Å². The summed E-state index contributed by atoms with van der Waals surface area (Å²) in [5, 5.41) is 19.2. The molecular weight excluding hydrogens is 318 g/mol. The SMILES string of the molecule is CCCCCC(=O)N=Nc1c(O)n(CC(C)C)c2ccc(OC)cc12. The van der Waals surface area contributed by atoms with Crippen LogP contribution < -0.4 is 4.74 Å². The number of hydrogen-bond donors (Lipinski definition) is 1. The molecule has 0 aliphatic carbocycles. The second-order valence-corrected chi connectivity index (χ2v) is 6.61. The van der Waals surface area contributed by atoms with E-state index in [-0.39, 0.29) is 11.8 Å². The lowest BCUT2D eigenvalue weighted by molar-refractivity contribution is -0.118. The van der Waals surface area contributed by atoms with Gasteiger partial charge in [0, 0.05) is 18.4 Å². The number of ether oxygens (including phenoxy) is 1. The summed E-state index contributed by atoms with van der Waals surface area (Å²) < 4.78 is 7.07. The first-order valence-electron chi connectivity index (χ1n) is 8.81. The number of aromatic hydroxyl groups is 1. The minimum Gasteiger partial charge on any atom is -0.497 e. The van der Waals surface area contributed by atoms with E-state index in [1.807, 2.05) is 18.2 Å². The van der Waals surface area contributed by atoms with E-state index in [0.717, 1.165) is 30.2 Å². The smallest absolute Gasteiger partial charge is 0.264 e. The standard InChI is InChI=1S/C19H27N3O3/c1-5-6-7-8-17(23)20-21-18-15-11-14(25-4)9-10-16(15)22(19(18)24)12-13(2)3/h9-11,13,24H,5-8,12H2,1-4H3. The molecule has 6 heteroatoms. The Hall–Kier alpha value is -2.37. The third kappa shape index (κ3) is 4.59. The lowest BCUT2D eigenvalue weighted by Crippen LogP contribution is -2.03. The van der Waals surface area contributed by atoms with Gasteiger partial charge in [-0.3, -0.25) is 4.79 Å². The van der Waals surface area contributed by atoms with Gasteiger partial charge in [0.05, 0.1) is 12.6 Å². The predicted molar refractivity (Wildman–Crippen MR) is 98.7 cm³/mol. The largest absolute Gasteiger partial charge is 0.497 e. The van der Waals surface area contributed by atoms with Crippen LogP contribution in [0.15, 0.2) is 28.4 Å². The number of benzene rings is 1. The molecule has 2 aromatic rings. The van der Waals surface area contributed by atoms with Gasteiger partial charge in [0.2, 0.25) is 5.88 Å². The summed E-state index contributed by atoms with van der Waals surface area (Å²) in [5.74, 6) is 0.784. The maximum Gasteiger partial charge on any atom is 0.264 e. The van der Waals surface area contributed by atoms with Crippen LogP contribution in [0.4, 0.5) is 5.69 Å². The molecule has 0 atom stereocenters. The van der Waals surface area contributed by atoms with Gasteiger partial charge in [0.25, 0.3) is 5.91 Å². The van der Waals surface area contributed by atoms with E-state index >= 15 is 0 Å². The molecule has 0 saturated carbocycles. The van der Waals surface area contributed by atoms with Crippen LogP contribution in [0.1, 0.15) is 46.5 Å². The Labute approximate surface area is 148 Å². The number of hydrogen-bond acceptors (Lipinski definition) is 4. The Balaban J connectivity index is 2.39. The second-order valence-electron chi connectivity index (χ2n) is 6.61. The molecule has 1 amide bonds. The van der Waals surface area contributed by atoms with Crippen LogP contribution in [-0.4, -0.2) is 22.7 Å². The number of aromatic nitrogens is 1. The van der Waals surface area contributed by atoms with Crippen molar-refractivity contribution in [2.24, 2.45) is 16.1 Å². The number of methoxy groups -OCH3 is 1. The summed E-state index contributed by atoms with van der Waals surface area (Å²) in [7, 11) is 1.59. The van der Waals surface area contributed by atoms with E-state index in [2.05, 4.69) is 31.0 Å². The maximum absolute atomic E-state index is 11.9. The summed E-state index contributed by atoms with van der Waals surface area (Å²) in [6.45, 7) is 6.89. The normalized spacial score (nSPS) is 11.7. The molecule has 1 aromatic heterocycles. The number of amides is 1. The molecule has 136 valence electrons. The number of unbranched alkanes of at least 4 members (excludes halogenated alkanes) is 2. The van der Waals surface area contributed by atoms with E-state index in [9.17, 15) is 9.90 Å². The average molecular weight is 345 g/mol. The third-order valence-electron chi connectivity index (χ3n) is 4.02. The summed E-state index contributed by atoms with van der Waals surface area (Å²) in [6, 6.07) is 5.54. The molecule has 6 nitrogen and oxygen atoms in total. The predicted octanol–water partition coefficient (Wildman–Crippen LogP) is 5.20. The molecule has 0 bridgehead atoms. The quantitative estimate of drug-likeness (QED) is 0.527. The zero-order chi connectivity index (χ0) is 18.4. The van der Waals surface area contributed by atoms with Crippen LogP contribution in [0, 0.1) is 5.92 Å². The summed E-state index contributed by atoms with van der Waals surface area (Å²) >= 11 is 0. The summed E-state index contributed by atoms with van der Waals surface area (Å²) in [5.41, 5.74) is 1.16. The van der Waals surface area contributed by atoms with E-state index in [4.69, 9.17) is 4.74 Å². The molecule has 0 saturated heterocycles. The van der Waals surface area contributed by atoms with Crippen LogP contribution in [0.25, 0.3) is 10.9 Å². The van der Waals surface area contributed by atoms with E-state index in [0.29, 0.717) is 30.3 Å². The zero-order valence-electron chi connectivity index (χ0n) is 15.5. The summed E-state index contributed by atoms with van der Waals surface area (Å²) in [6.07, 6.45) is 3.24. The third-order valence-corrected chi connectivity index (χ3v) is 4.02. The average Bonchev–Trinajstić information content (AvgIpc) is 2.84. The monoisotopic (exact) mass is 345 g/mol. The molecule has 0 unspecified atom stereocenters. The topological polar surface area (TPSA) is 76.2 Å². The van der Waals surface area contributed by atoms with Crippen molar-refractivity contribution in [3.05, 3.63) is 18.2 Å². The summed E-state index contributed by atoms with van der Waals surface area (Å²) in [4.78, 5) is 11.9. The molecule has 0 fully saturated rings. The van der Waals surface area contributed by atoms with Gasteiger partial charge >= 0.3 is 0 Å². The Bertz CT molecular complexity index is 763. The molecule has 25 heavy (non-hydrogen) atoms. The van der Waals surface area contributed by atoms with Crippen molar-refractivity contribution in [3.8, 4) is 11.6 Å². The van der Waals surface area contributed by atoms with Gasteiger partial charge in [-0.1, -0.05) is 33.6 Å². The number of nitrogens with zero attached hydrogens (tertiary/aromatic N) is 3. The van der Waals surface area contributed by atoms with Crippen molar-refractivity contribution in [2.75, 3.05) is 7.11 Å². The van der Waals surface area contributed by atoms with Gasteiger partial charge in [0.1, 0.15) is 5.75 Å². The highest BCUT2D eigenvalue weighted by Gasteiger charge is 2.18. The first-order valence-corrected chi connectivity index (χ1v) is 8.81. The van der Waals surface area contributed by atoms with Crippen molar-refractivity contribution in [1.29, 1.82) is 0 Å². The molecule has 0 aliphatic rings. The van der Waals surface area contributed by atoms with Gasteiger partial charge in [-0.05, 0) is 30.5 Å². The Morgan fingerprint density at radius 1 is 1.32 bits per heavy atom. The van der Waals surface area contributed by atoms with E-state index in [1.165, 1.54) is 0 Å². The Kier molecular flexibility index (Phi) is 6.56. The fraction of sp³-hybridized carbons (Fsp3) is 0.526. The van der Waals surface area contributed by atoms with Crippen molar-refractivity contribution in [2.45, 2.75) is 53.0 Å². The Morgan fingerprint density at radius 3 is 2.72 bits per heavy atom. The highest BCUT2D eigenvalue weighted by molar-refractivity contribution is 5.96. The maximum atomic E-state index is 11.9. The second kappa shape index (κ2) is 8.65. The van der Waals surface area contributed by atoms with Crippen molar-refractivity contribution >= 4 is 22.5 Å². The molecule has 0 spiro atoms. The Morgan fingerprint density at radius 2 is 2.08 bits per heavy atom. The molecule has 0 aliphatic heterocycles. The number of fused-ring (bicyclic) bond motifs is 1. The molecule has 1 aromatic carbocycles. The minimum atomic E-state index is -0.263. The van der Waals surface area contributed by atoms with Crippen LogP contribution >= 0.6 is 0 Å².